The Kier molecular flexibility index (Phi) is 4.98. The first-order valence-electron chi connectivity index (χ1n) is 4.37. The van der Waals surface area contributed by atoms with Gasteiger partial charge in [0.05, 0.1) is 0 Å². The molecule has 0 aliphatic heterocycles. The van der Waals surface area contributed by atoms with Crippen molar-refractivity contribution in [2.24, 2.45) is 5.73 Å². The van der Waals surface area contributed by atoms with Crippen LogP contribution in [0.15, 0.2) is 55.1 Å². The largest absolute Gasteiger partial charge is 0.326 e. The number of nitrogens with two attached hydrogens (primary N) is 1. The molecule has 0 saturated carbocycles. The van der Waals surface area contributed by atoms with E-state index in [1.807, 2.05) is 30.3 Å². The molecule has 2 rings (SSSR count). The van der Waals surface area contributed by atoms with Gasteiger partial charge in [0.1, 0.15) is 0 Å². The van der Waals surface area contributed by atoms with Crippen molar-refractivity contribution in [1.82, 2.24) is 9.97 Å². The van der Waals surface area contributed by atoms with Crippen LogP contribution < -0.4 is 5.73 Å². The Morgan fingerprint density at radius 1 is 0.857 bits per heavy atom. The lowest BCUT2D eigenvalue weighted by atomic mass is 10.3. The molecule has 2 heterocycles. The van der Waals surface area contributed by atoms with Gasteiger partial charge in [0.2, 0.25) is 0 Å². The fourth-order valence-electron chi connectivity index (χ4n) is 0.831. The third-order valence-electron chi connectivity index (χ3n) is 1.55. The summed E-state index contributed by atoms with van der Waals surface area (Å²) in [4.78, 5) is 7.62. The Hall–Kier alpha value is -1.74. The quantitative estimate of drug-likeness (QED) is 0.738. The highest BCUT2D eigenvalue weighted by Gasteiger charge is 1.80. The lowest BCUT2D eigenvalue weighted by molar-refractivity contribution is 1.06. The standard InChI is InChI=1S/C6H8N2.C5H5N/c7-5-6-1-3-8-4-2-6;1-2-4-6-5-3-1/h1-4H,5,7H2;1-5H. The van der Waals surface area contributed by atoms with E-state index in [1.165, 1.54) is 0 Å². The summed E-state index contributed by atoms with van der Waals surface area (Å²) in [5.41, 5.74) is 6.45. The highest BCUT2D eigenvalue weighted by molar-refractivity contribution is 5.08. The molecule has 72 valence electrons. The molecule has 0 bridgehead atoms. The second-order valence-electron chi connectivity index (χ2n) is 2.58. The van der Waals surface area contributed by atoms with Crippen LogP contribution in [0.2, 0.25) is 0 Å². The average molecular weight is 187 g/mol. The van der Waals surface area contributed by atoms with Crippen LogP contribution in [0.3, 0.4) is 0 Å². The maximum atomic E-state index is 5.32. The molecule has 0 spiro atoms. The number of hydrogen-bond acceptors (Lipinski definition) is 3. The molecule has 2 aromatic rings. The zero-order valence-corrected chi connectivity index (χ0v) is 7.88. The number of hydrogen-bond donors (Lipinski definition) is 1. The Labute approximate surface area is 83.6 Å². The van der Waals surface area contributed by atoms with E-state index in [9.17, 15) is 0 Å². The van der Waals surface area contributed by atoms with Crippen molar-refractivity contribution < 1.29 is 0 Å². The molecular weight excluding hydrogens is 174 g/mol. The van der Waals surface area contributed by atoms with E-state index >= 15 is 0 Å². The van der Waals surface area contributed by atoms with E-state index in [4.69, 9.17) is 5.73 Å². The van der Waals surface area contributed by atoms with Gasteiger partial charge in [0, 0.05) is 31.3 Å². The van der Waals surface area contributed by atoms with Crippen molar-refractivity contribution in [2.45, 2.75) is 6.54 Å². The van der Waals surface area contributed by atoms with Gasteiger partial charge in [0.25, 0.3) is 0 Å². The molecule has 0 fully saturated rings. The molecule has 2 N–H and O–H groups in total. The van der Waals surface area contributed by atoms with E-state index in [1.54, 1.807) is 24.8 Å². The van der Waals surface area contributed by atoms with Crippen LogP contribution in [0.4, 0.5) is 0 Å². The zero-order chi connectivity index (χ0) is 10.1. The van der Waals surface area contributed by atoms with Gasteiger partial charge in [-0.15, -0.1) is 0 Å². The lowest BCUT2D eigenvalue weighted by Crippen LogP contribution is -1.94. The third-order valence-corrected chi connectivity index (χ3v) is 1.55. The zero-order valence-electron chi connectivity index (χ0n) is 7.88. The van der Waals surface area contributed by atoms with Crippen molar-refractivity contribution in [3.8, 4) is 0 Å². The molecule has 14 heavy (non-hydrogen) atoms. The number of aromatic nitrogens is 2. The predicted octanol–water partition coefficient (Wildman–Crippen LogP) is 1.62. The molecule has 3 heteroatoms. The highest BCUT2D eigenvalue weighted by atomic mass is 14.6. The summed E-state index contributed by atoms with van der Waals surface area (Å²) in [6.45, 7) is 0.600. The number of nitrogens with zero attached hydrogens (tertiary/aromatic N) is 2. The molecule has 3 nitrogen and oxygen atoms in total. The molecular formula is C11H13N3. The summed E-state index contributed by atoms with van der Waals surface area (Å²) in [5.74, 6) is 0. The first kappa shape index (κ1) is 10.3. The van der Waals surface area contributed by atoms with Crippen molar-refractivity contribution in [3.05, 3.63) is 60.7 Å². The smallest absolute Gasteiger partial charge is 0.0271 e. The van der Waals surface area contributed by atoms with E-state index in [-0.39, 0.29) is 0 Å². The minimum Gasteiger partial charge on any atom is -0.326 e. The minimum atomic E-state index is 0.600. The van der Waals surface area contributed by atoms with Gasteiger partial charge in [-0.3, -0.25) is 9.97 Å². The van der Waals surface area contributed by atoms with Crippen molar-refractivity contribution in [2.75, 3.05) is 0 Å². The SMILES string of the molecule is NCc1ccncc1.c1ccncc1. The molecule has 0 atom stereocenters. The van der Waals surface area contributed by atoms with Gasteiger partial charge in [0.15, 0.2) is 0 Å². The molecule has 2 aromatic heterocycles. The van der Waals surface area contributed by atoms with Crippen molar-refractivity contribution in [1.29, 1.82) is 0 Å². The summed E-state index contributed by atoms with van der Waals surface area (Å²) in [5, 5.41) is 0. The predicted molar refractivity (Wildman–Crippen MR) is 56.4 cm³/mol. The first-order chi connectivity index (χ1) is 6.93. The van der Waals surface area contributed by atoms with Crippen LogP contribution in [0.1, 0.15) is 5.56 Å². The summed E-state index contributed by atoms with van der Waals surface area (Å²) >= 11 is 0. The minimum absolute atomic E-state index is 0.600. The van der Waals surface area contributed by atoms with E-state index in [2.05, 4.69) is 9.97 Å². The van der Waals surface area contributed by atoms with Crippen LogP contribution in [-0.4, -0.2) is 9.97 Å². The molecule has 0 unspecified atom stereocenters. The molecule has 0 saturated heterocycles. The molecule has 0 aromatic carbocycles. The van der Waals surface area contributed by atoms with Crippen LogP contribution >= 0.6 is 0 Å². The van der Waals surface area contributed by atoms with Gasteiger partial charge < -0.3 is 5.73 Å². The topological polar surface area (TPSA) is 51.8 Å². The summed E-state index contributed by atoms with van der Waals surface area (Å²) in [7, 11) is 0. The molecule has 0 amide bonds. The van der Waals surface area contributed by atoms with Gasteiger partial charge in [-0.1, -0.05) is 6.07 Å². The first-order valence-corrected chi connectivity index (χ1v) is 4.37. The summed E-state index contributed by atoms with van der Waals surface area (Å²) in [6.07, 6.45) is 6.98. The van der Waals surface area contributed by atoms with Crippen molar-refractivity contribution >= 4 is 0 Å². The van der Waals surface area contributed by atoms with Crippen LogP contribution in [0.25, 0.3) is 0 Å². The summed E-state index contributed by atoms with van der Waals surface area (Å²) < 4.78 is 0. The highest BCUT2D eigenvalue weighted by Crippen LogP contribution is 1.91. The van der Waals surface area contributed by atoms with E-state index in [0.717, 1.165) is 5.56 Å². The number of rotatable bonds is 1. The number of pyridine rings is 2. The van der Waals surface area contributed by atoms with Gasteiger partial charge in [-0.25, -0.2) is 0 Å². The molecule has 0 aliphatic carbocycles. The van der Waals surface area contributed by atoms with E-state index in [0.29, 0.717) is 6.54 Å². The fraction of sp³-hybridized carbons (Fsp3) is 0.0909. The Morgan fingerprint density at radius 3 is 1.71 bits per heavy atom. The van der Waals surface area contributed by atoms with Crippen molar-refractivity contribution in [3.63, 3.8) is 0 Å². The maximum absolute atomic E-state index is 5.32. The average Bonchev–Trinajstić information content (AvgIpc) is 2.33. The van der Waals surface area contributed by atoms with Gasteiger partial charge >= 0.3 is 0 Å². The second kappa shape index (κ2) is 6.74. The summed E-state index contributed by atoms with van der Waals surface area (Å²) in [6, 6.07) is 9.52. The van der Waals surface area contributed by atoms with Gasteiger partial charge in [-0.05, 0) is 29.8 Å². The Bertz CT molecular complexity index is 294. The monoisotopic (exact) mass is 187 g/mol. The fourth-order valence-corrected chi connectivity index (χ4v) is 0.831. The third kappa shape index (κ3) is 4.33. The Morgan fingerprint density at radius 2 is 1.43 bits per heavy atom. The second-order valence-corrected chi connectivity index (χ2v) is 2.58. The van der Waals surface area contributed by atoms with E-state index < -0.39 is 0 Å². The molecule has 0 radical (unpaired) electrons. The maximum Gasteiger partial charge on any atom is 0.0271 e. The van der Waals surface area contributed by atoms with Crippen LogP contribution in [0.5, 0.6) is 0 Å². The van der Waals surface area contributed by atoms with Gasteiger partial charge in [-0.2, -0.15) is 0 Å². The van der Waals surface area contributed by atoms with Crippen LogP contribution in [0, 0.1) is 0 Å². The molecule has 0 aliphatic rings. The Balaban J connectivity index is 0.000000146. The van der Waals surface area contributed by atoms with Crippen LogP contribution in [-0.2, 0) is 6.54 Å². The normalized spacial score (nSPS) is 8.64. The lowest BCUT2D eigenvalue weighted by Gasteiger charge is -1.89.